The number of halogens is 11. The minimum absolute atomic E-state index is 0.280. The Balaban J connectivity index is 1.83. The van der Waals surface area contributed by atoms with Gasteiger partial charge in [-0.3, -0.25) is 9.97 Å². The first-order valence-corrected chi connectivity index (χ1v) is 13.2. The third-order valence-corrected chi connectivity index (χ3v) is 7.46. The van der Waals surface area contributed by atoms with Gasteiger partial charge < -0.3 is 0 Å². The van der Waals surface area contributed by atoms with Crippen molar-refractivity contribution >= 4 is 11.1 Å². The number of benzene rings is 3. The van der Waals surface area contributed by atoms with Crippen molar-refractivity contribution in [3.63, 3.8) is 0 Å². The molecule has 236 valence electrons. The van der Waals surface area contributed by atoms with E-state index in [1.807, 2.05) is 0 Å². The fraction of sp³-hybridized carbons (Fsp3) is 0.0606. The molecule has 0 spiro atoms. The maximum atomic E-state index is 15.2. The van der Waals surface area contributed by atoms with E-state index in [2.05, 4.69) is 9.97 Å². The number of nitriles is 1. The highest BCUT2D eigenvalue weighted by Crippen LogP contribution is 2.54. The molecule has 3 aromatic carbocycles. The van der Waals surface area contributed by atoms with Gasteiger partial charge in [-0.05, 0) is 70.8 Å². The average Bonchev–Trinajstić information content (AvgIpc) is 3.36. The Bertz CT molecular complexity index is 2030. The highest BCUT2D eigenvalue weighted by molar-refractivity contribution is 6.14. The van der Waals surface area contributed by atoms with Crippen LogP contribution in [-0.2, 0) is 12.4 Å². The Kier molecular flexibility index (Phi) is 7.38. The molecule has 0 amide bonds. The van der Waals surface area contributed by atoms with E-state index in [1.54, 1.807) is 0 Å². The van der Waals surface area contributed by atoms with Crippen LogP contribution in [0.3, 0.4) is 0 Å². The summed E-state index contributed by atoms with van der Waals surface area (Å²) >= 11 is 0. The first-order valence-electron chi connectivity index (χ1n) is 13.2. The zero-order valence-electron chi connectivity index (χ0n) is 22.9. The van der Waals surface area contributed by atoms with Gasteiger partial charge in [-0.15, -0.1) is 0 Å². The molecule has 1 aliphatic carbocycles. The van der Waals surface area contributed by atoms with Crippen LogP contribution in [0.5, 0.6) is 0 Å². The van der Waals surface area contributed by atoms with Gasteiger partial charge in [-0.2, -0.15) is 31.6 Å². The number of aromatic nitrogens is 2. The largest absolute Gasteiger partial charge is 0.417 e. The summed E-state index contributed by atoms with van der Waals surface area (Å²) in [5.74, 6) is -12.3. The lowest BCUT2D eigenvalue weighted by molar-refractivity contribution is -0.138. The molecule has 3 nitrogen and oxygen atoms in total. The Labute approximate surface area is 256 Å². The molecule has 47 heavy (non-hydrogen) atoms. The molecule has 2 heterocycles. The topological polar surface area (TPSA) is 49.6 Å². The van der Waals surface area contributed by atoms with E-state index in [9.17, 15) is 44.8 Å². The molecule has 0 saturated heterocycles. The van der Waals surface area contributed by atoms with E-state index in [0.29, 0.717) is 12.1 Å². The average molecular weight is 659 g/mol. The summed E-state index contributed by atoms with van der Waals surface area (Å²) < 4.78 is 160. The second-order valence-corrected chi connectivity index (χ2v) is 10.1. The van der Waals surface area contributed by atoms with Crippen molar-refractivity contribution < 1.29 is 48.3 Å². The lowest BCUT2D eigenvalue weighted by atomic mass is 9.89. The lowest BCUT2D eigenvalue weighted by Crippen LogP contribution is -2.09. The van der Waals surface area contributed by atoms with E-state index in [1.165, 1.54) is 42.5 Å². The van der Waals surface area contributed by atoms with Crippen LogP contribution in [0.1, 0.15) is 27.8 Å². The molecule has 0 bridgehead atoms. The zero-order valence-corrected chi connectivity index (χ0v) is 22.9. The van der Waals surface area contributed by atoms with Gasteiger partial charge in [0, 0.05) is 29.1 Å². The summed E-state index contributed by atoms with van der Waals surface area (Å²) in [6.45, 7) is 0. The fourth-order valence-electron chi connectivity index (χ4n) is 5.47. The van der Waals surface area contributed by atoms with Crippen molar-refractivity contribution in [2.24, 2.45) is 0 Å². The molecule has 14 heteroatoms. The quantitative estimate of drug-likeness (QED) is 0.0823. The smallest absolute Gasteiger partial charge is 0.256 e. The van der Waals surface area contributed by atoms with Crippen LogP contribution in [0.2, 0.25) is 0 Å². The van der Waals surface area contributed by atoms with Crippen molar-refractivity contribution in [3.8, 4) is 39.7 Å². The van der Waals surface area contributed by atoms with Crippen LogP contribution >= 0.6 is 0 Å². The normalized spacial score (nSPS) is 12.5. The maximum absolute atomic E-state index is 15.2. The van der Waals surface area contributed by atoms with Gasteiger partial charge in [0.1, 0.15) is 6.07 Å². The highest BCUT2D eigenvalue weighted by atomic mass is 19.4. The number of hydrogen-bond acceptors (Lipinski definition) is 3. The Morgan fingerprint density at radius 1 is 0.532 bits per heavy atom. The SMILES string of the molecule is N#CC(=C1c2cc(-c3ccccn3)c(C(F)(F)F)cc2-c2cc(C(F)(F)F)c(-c3ccccn3)cc21)c1c(F)c(F)c(F)c(F)c1F. The minimum Gasteiger partial charge on any atom is -0.256 e. The molecule has 0 N–H and O–H groups in total. The first kappa shape index (κ1) is 31.4. The van der Waals surface area contributed by atoms with Crippen molar-refractivity contribution in [2.45, 2.75) is 12.4 Å². The van der Waals surface area contributed by atoms with Gasteiger partial charge >= 0.3 is 12.4 Å². The monoisotopic (exact) mass is 659 g/mol. The second-order valence-electron chi connectivity index (χ2n) is 10.1. The number of allylic oxidation sites excluding steroid dienone is 1. The highest BCUT2D eigenvalue weighted by Gasteiger charge is 2.42. The molecule has 0 aliphatic heterocycles. The van der Waals surface area contributed by atoms with Gasteiger partial charge in [0.15, 0.2) is 23.3 Å². The Morgan fingerprint density at radius 3 is 1.28 bits per heavy atom. The number of rotatable bonds is 3. The van der Waals surface area contributed by atoms with Crippen molar-refractivity contribution in [1.82, 2.24) is 9.97 Å². The van der Waals surface area contributed by atoms with Gasteiger partial charge in [0.25, 0.3) is 0 Å². The lowest BCUT2D eigenvalue weighted by Gasteiger charge is -2.16. The molecule has 0 unspecified atom stereocenters. The van der Waals surface area contributed by atoms with E-state index in [-0.39, 0.29) is 11.4 Å². The third kappa shape index (κ3) is 5.08. The van der Waals surface area contributed by atoms with Gasteiger partial charge in [0.2, 0.25) is 5.82 Å². The third-order valence-electron chi connectivity index (χ3n) is 7.46. The van der Waals surface area contributed by atoms with Crippen LogP contribution in [0.25, 0.3) is 44.8 Å². The van der Waals surface area contributed by atoms with E-state index < -0.39 is 103 Å². The standard InChI is InChI=1S/C33H12F11N3/c34-27-26(28(35)30(37)31(38)29(27)36)20(13-45)25-16-9-18(23-5-1-3-7-46-23)21(32(39,40)41)11-14(16)15-12-22(33(42,43)44)19(10-17(15)25)24-6-2-4-8-47-24/h1-12H. The van der Waals surface area contributed by atoms with Crippen LogP contribution in [-0.4, -0.2) is 9.97 Å². The van der Waals surface area contributed by atoms with Crippen molar-refractivity contribution in [1.29, 1.82) is 5.26 Å². The van der Waals surface area contributed by atoms with Gasteiger partial charge in [-0.1, -0.05) is 12.1 Å². The second kappa shape index (κ2) is 11.0. The molecule has 0 saturated carbocycles. The van der Waals surface area contributed by atoms with E-state index >= 15 is 8.78 Å². The summed E-state index contributed by atoms with van der Waals surface area (Å²) in [4.78, 5) is 7.82. The van der Waals surface area contributed by atoms with E-state index in [4.69, 9.17) is 0 Å². The molecule has 0 atom stereocenters. The molecule has 1 aliphatic rings. The molecular formula is C33H12F11N3. The van der Waals surface area contributed by atoms with Crippen LogP contribution in [0.15, 0.2) is 73.1 Å². The van der Waals surface area contributed by atoms with Crippen LogP contribution in [0, 0.1) is 40.4 Å². The molecule has 0 fully saturated rings. The Morgan fingerprint density at radius 2 is 0.936 bits per heavy atom. The van der Waals surface area contributed by atoms with Gasteiger partial charge in [-0.25, -0.2) is 22.0 Å². The summed E-state index contributed by atoms with van der Waals surface area (Å²) in [5, 5.41) is 10.2. The van der Waals surface area contributed by atoms with E-state index in [0.717, 1.165) is 24.5 Å². The molecule has 0 radical (unpaired) electrons. The summed E-state index contributed by atoms with van der Waals surface area (Å²) in [5.41, 5.74) is -10.2. The Hall–Kier alpha value is -5.58. The summed E-state index contributed by atoms with van der Waals surface area (Å²) in [6, 6.07) is 11.8. The van der Waals surface area contributed by atoms with Gasteiger partial charge in [0.05, 0.1) is 33.7 Å². The number of nitrogens with zero attached hydrogens (tertiary/aromatic N) is 3. The predicted molar refractivity (Wildman–Crippen MR) is 146 cm³/mol. The maximum Gasteiger partial charge on any atom is 0.417 e. The fourth-order valence-corrected chi connectivity index (χ4v) is 5.47. The van der Waals surface area contributed by atoms with Crippen LogP contribution in [0.4, 0.5) is 48.3 Å². The minimum atomic E-state index is -5.12. The number of hydrogen-bond donors (Lipinski definition) is 0. The van der Waals surface area contributed by atoms with Crippen LogP contribution < -0.4 is 0 Å². The molecular weight excluding hydrogens is 647 g/mol. The molecule has 6 rings (SSSR count). The zero-order chi connectivity index (χ0) is 34.0. The predicted octanol–water partition coefficient (Wildman–Crippen LogP) is 10.0. The molecule has 2 aromatic heterocycles. The number of pyridine rings is 2. The van der Waals surface area contributed by atoms with Crippen molar-refractivity contribution in [2.75, 3.05) is 0 Å². The molecule has 5 aromatic rings. The summed E-state index contributed by atoms with van der Waals surface area (Å²) in [7, 11) is 0. The number of fused-ring (bicyclic) bond motifs is 3. The number of alkyl halides is 6. The first-order chi connectivity index (χ1) is 22.1. The summed E-state index contributed by atoms with van der Waals surface area (Å²) in [6.07, 6.45) is -7.93. The van der Waals surface area contributed by atoms with Crippen molar-refractivity contribution in [3.05, 3.63) is 130 Å².